The molecule has 1 aromatic carbocycles. The Bertz CT molecular complexity index is 1210. The monoisotopic (exact) mass is 554 g/mol. The van der Waals surface area contributed by atoms with Gasteiger partial charge < -0.3 is 20.1 Å². The van der Waals surface area contributed by atoms with Crippen LogP contribution in [-0.4, -0.2) is 59.5 Å². The SMILES string of the molecule is COc1cc(-c2ccc3ncc(C(C)=O)c(NC4CCC(CN(C)C)CC4)c3n2)cc(Cl)c1O.Cl.Cl. The van der Waals surface area contributed by atoms with Crippen molar-refractivity contribution in [1.29, 1.82) is 0 Å². The van der Waals surface area contributed by atoms with Gasteiger partial charge in [0.15, 0.2) is 17.3 Å². The van der Waals surface area contributed by atoms with Crippen molar-refractivity contribution in [3.8, 4) is 22.8 Å². The number of fused-ring (bicyclic) bond motifs is 1. The second-order valence-electron chi connectivity index (χ2n) is 9.30. The van der Waals surface area contributed by atoms with E-state index in [-0.39, 0.29) is 53.2 Å². The van der Waals surface area contributed by atoms with Gasteiger partial charge in [-0.25, -0.2) is 4.98 Å². The van der Waals surface area contributed by atoms with Gasteiger partial charge in [0.25, 0.3) is 0 Å². The highest BCUT2D eigenvalue weighted by atomic mass is 35.5. The van der Waals surface area contributed by atoms with Gasteiger partial charge in [-0.15, -0.1) is 24.8 Å². The maximum atomic E-state index is 12.5. The number of carbonyl (C=O) groups excluding carboxylic acids is 1. The minimum Gasteiger partial charge on any atom is -0.503 e. The van der Waals surface area contributed by atoms with Crippen LogP contribution in [0.15, 0.2) is 30.5 Å². The summed E-state index contributed by atoms with van der Waals surface area (Å²) in [7, 11) is 5.71. The van der Waals surface area contributed by atoms with Crippen molar-refractivity contribution < 1.29 is 14.6 Å². The molecular formula is C26H33Cl3N4O3. The normalized spacial score (nSPS) is 17.3. The second kappa shape index (κ2) is 12.8. The molecule has 0 saturated heterocycles. The molecule has 1 aliphatic rings. The van der Waals surface area contributed by atoms with Gasteiger partial charge in [-0.2, -0.15) is 0 Å². The van der Waals surface area contributed by atoms with E-state index in [1.165, 1.54) is 7.11 Å². The predicted octanol–water partition coefficient (Wildman–Crippen LogP) is 6.24. The fourth-order valence-corrected chi connectivity index (χ4v) is 4.94. The van der Waals surface area contributed by atoms with Gasteiger partial charge in [-0.05, 0) is 76.9 Å². The van der Waals surface area contributed by atoms with E-state index in [2.05, 4.69) is 29.3 Å². The molecule has 7 nitrogen and oxygen atoms in total. The van der Waals surface area contributed by atoms with Crippen molar-refractivity contribution in [2.24, 2.45) is 5.92 Å². The Labute approximate surface area is 229 Å². The minimum atomic E-state index is -0.110. The molecule has 0 atom stereocenters. The van der Waals surface area contributed by atoms with Crippen molar-refractivity contribution in [1.82, 2.24) is 14.9 Å². The van der Waals surface area contributed by atoms with Gasteiger partial charge >= 0.3 is 0 Å². The Morgan fingerprint density at radius 3 is 2.50 bits per heavy atom. The smallest absolute Gasteiger partial charge is 0.176 e. The molecule has 2 aromatic heterocycles. The summed E-state index contributed by atoms with van der Waals surface area (Å²) in [6, 6.07) is 7.34. The van der Waals surface area contributed by atoms with Crippen LogP contribution in [-0.2, 0) is 0 Å². The maximum absolute atomic E-state index is 12.5. The number of nitrogens with one attached hydrogen (secondary N) is 1. The number of carbonyl (C=O) groups is 1. The highest BCUT2D eigenvalue weighted by molar-refractivity contribution is 6.32. The van der Waals surface area contributed by atoms with Crippen LogP contribution in [0.4, 0.5) is 5.69 Å². The number of ketones is 1. The largest absolute Gasteiger partial charge is 0.503 e. The average molecular weight is 556 g/mol. The first-order chi connectivity index (χ1) is 16.3. The second-order valence-corrected chi connectivity index (χ2v) is 9.71. The molecule has 0 unspecified atom stereocenters. The summed E-state index contributed by atoms with van der Waals surface area (Å²) >= 11 is 6.21. The zero-order chi connectivity index (χ0) is 24.4. The fraction of sp³-hybridized carbons (Fsp3) is 0.423. The van der Waals surface area contributed by atoms with Crippen LogP contribution in [0.2, 0.25) is 5.02 Å². The summed E-state index contributed by atoms with van der Waals surface area (Å²) in [6.45, 7) is 2.66. The van der Waals surface area contributed by atoms with E-state index >= 15 is 0 Å². The van der Waals surface area contributed by atoms with Gasteiger partial charge in [-0.3, -0.25) is 9.78 Å². The molecule has 3 aromatic rings. The number of hydrogen-bond acceptors (Lipinski definition) is 7. The molecule has 2 heterocycles. The molecule has 4 rings (SSSR count). The van der Waals surface area contributed by atoms with E-state index in [0.717, 1.165) is 37.9 Å². The van der Waals surface area contributed by atoms with Crippen LogP contribution >= 0.6 is 36.4 Å². The van der Waals surface area contributed by atoms with Crippen molar-refractivity contribution >= 4 is 58.9 Å². The number of hydrogen-bond donors (Lipinski definition) is 2. The number of halogens is 3. The predicted molar refractivity (Wildman–Crippen MR) is 151 cm³/mol. The van der Waals surface area contributed by atoms with Crippen LogP contribution in [0.5, 0.6) is 11.5 Å². The summed E-state index contributed by atoms with van der Waals surface area (Å²) in [5, 5.41) is 13.9. The average Bonchev–Trinajstić information content (AvgIpc) is 2.81. The van der Waals surface area contributed by atoms with Crippen LogP contribution in [0.3, 0.4) is 0 Å². The van der Waals surface area contributed by atoms with Crippen molar-refractivity contribution in [2.45, 2.75) is 38.6 Å². The lowest BCUT2D eigenvalue weighted by Crippen LogP contribution is -2.31. The zero-order valence-corrected chi connectivity index (χ0v) is 23.3. The van der Waals surface area contributed by atoms with Crippen LogP contribution in [0.1, 0.15) is 43.0 Å². The summed E-state index contributed by atoms with van der Waals surface area (Å²) < 4.78 is 5.25. The van der Waals surface area contributed by atoms with Crippen molar-refractivity contribution in [2.75, 3.05) is 33.1 Å². The fourth-order valence-electron chi connectivity index (χ4n) is 4.73. The van der Waals surface area contributed by atoms with E-state index in [0.29, 0.717) is 33.8 Å². The van der Waals surface area contributed by atoms with Crippen molar-refractivity contribution in [3.63, 3.8) is 0 Å². The minimum absolute atomic E-state index is 0. The first-order valence-electron chi connectivity index (χ1n) is 11.6. The molecule has 0 spiro atoms. The molecule has 36 heavy (non-hydrogen) atoms. The Hall–Kier alpha value is -2.32. The molecule has 0 amide bonds. The molecule has 0 bridgehead atoms. The third-order valence-electron chi connectivity index (χ3n) is 6.45. The van der Waals surface area contributed by atoms with Gasteiger partial charge in [0, 0.05) is 24.3 Å². The van der Waals surface area contributed by atoms with E-state index in [1.54, 1.807) is 25.3 Å². The number of pyridine rings is 2. The number of aromatic hydroxyl groups is 1. The molecule has 10 heteroatoms. The first-order valence-corrected chi connectivity index (χ1v) is 11.9. The van der Waals surface area contributed by atoms with E-state index in [4.69, 9.17) is 21.3 Å². The number of phenolic OH excluding ortho intramolecular Hbond substituents is 1. The number of phenols is 1. The van der Waals surface area contributed by atoms with E-state index in [1.807, 2.05) is 12.1 Å². The topological polar surface area (TPSA) is 87.6 Å². The van der Waals surface area contributed by atoms with E-state index in [9.17, 15) is 9.90 Å². The molecule has 2 N–H and O–H groups in total. The number of aromatic nitrogens is 2. The summed E-state index contributed by atoms with van der Waals surface area (Å²) in [4.78, 5) is 24.1. The van der Waals surface area contributed by atoms with Gasteiger partial charge in [0.1, 0.15) is 5.52 Å². The number of anilines is 1. The van der Waals surface area contributed by atoms with Gasteiger partial charge in [0.05, 0.1) is 34.6 Å². The number of methoxy groups -OCH3 is 1. The number of ether oxygens (including phenoxy) is 1. The Morgan fingerprint density at radius 1 is 1.19 bits per heavy atom. The van der Waals surface area contributed by atoms with Crippen molar-refractivity contribution in [3.05, 3.63) is 41.0 Å². The Balaban J connectivity index is 0.00000228. The lowest BCUT2D eigenvalue weighted by Gasteiger charge is -2.31. The molecule has 1 saturated carbocycles. The number of nitrogens with zero attached hydrogens (tertiary/aromatic N) is 3. The Morgan fingerprint density at radius 2 is 1.89 bits per heavy atom. The lowest BCUT2D eigenvalue weighted by atomic mass is 9.85. The van der Waals surface area contributed by atoms with Gasteiger partial charge in [0.2, 0.25) is 0 Å². The number of rotatable bonds is 7. The lowest BCUT2D eigenvalue weighted by molar-refractivity contribution is 0.101. The Kier molecular flexibility index (Phi) is 10.6. The number of Topliss-reactive ketones (excluding diaryl/α,β-unsaturated/α-hetero) is 1. The maximum Gasteiger partial charge on any atom is 0.176 e. The standard InChI is InChI=1S/C26H31ClN4O3.2ClH/c1-15(32)19-13-28-22-10-9-21(17-11-20(27)26(33)23(12-17)34-4)30-25(22)24(19)29-18-7-5-16(6-8-18)14-31(2)3;;/h9-13,16,18,33H,5-8,14H2,1-4H3,(H,28,29);2*1H. The van der Waals surface area contributed by atoms with E-state index < -0.39 is 0 Å². The summed E-state index contributed by atoms with van der Waals surface area (Å²) in [6.07, 6.45) is 6.03. The summed E-state index contributed by atoms with van der Waals surface area (Å²) in [5.74, 6) is 0.808. The highest BCUT2D eigenvalue weighted by Gasteiger charge is 2.24. The van der Waals surface area contributed by atoms with Crippen LogP contribution in [0, 0.1) is 5.92 Å². The molecule has 196 valence electrons. The zero-order valence-electron chi connectivity index (χ0n) is 20.9. The quantitative estimate of drug-likeness (QED) is 0.334. The third-order valence-corrected chi connectivity index (χ3v) is 6.74. The molecule has 0 aliphatic heterocycles. The first kappa shape index (κ1) is 29.9. The third kappa shape index (κ3) is 6.51. The molecule has 1 aliphatic carbocycles. The molecule has 1 fully saturated rings. The molecular weight excluding hydrogens is 523 g/mol. The number of benzene rings is 1. The molecule has 0 radical (unpaired) electrons. The van der Waals surface area contributed by atoms with Gasteiger partial charge in [-0.1, -0.05) is 11.6 Å². The van der Waals surface area contributed by atoms with Crippen LogP contribution in [0.25, 0.3) is 22.3 Å². The summed E-state index contributed by atoms with van der Waals surface area (Å²) in [5.41, 5.74) is 3.96. The highest BCUT2D eigenvalue weighted by Crippen LogP contribution is 2.39. The van der Waals surface area contributed by atoms with Crippen LogP contribution < -0.4 is 10.1 Å².